The second kappa shape index (κ2) is 8.51. The van der Waals surface area contributed by atoms with E-state index < -0.39 is 0 Å². The maximum absolute atomic E-state index is 12.6. The van der Waals surface area contributed by atoms with Gasteiger partial charge >= 0.3 is 0 Å². The lowest BCUT2D eigenvalue weighted by molar-refractivity contribution is 0.0918. The molecule has 1 aliphatic rings. The molecule has 1 amide bonds. The predicted octanol–water partition coefficient (Wildman–Crippen LogP) is 3.96. The van der Waals surface area contributed by atoms with Crippen LogP contribution in [0.2, 0.25) is 0 Å². The molecule has 0 unspecified atom stereocenters. The van der Waals surface area contributed by atoms with Crippen LogP contribution in [0.15, 0.2) is 41.2 Å². The molecular formula is C22H29N3O2. The van der Waals surface area contributed by atoms with Crippen LogP contribution in [0.1, 0.15) is 79.5 Å². The van der Waals surface area contributed by atoms with E-state index in [0.29, 0.717) is 5.92 Å². The maximum atomic E-state index is 12.6. The van der Waals surface area contributed by atoms with Gasteiger partial charge in [0.2, 0.25) is 0 Å². The van der Waals surface area contributed by atoms with Gasteiger partial charge in [0.25, 0.3) is 11.5 Å². The minimum atomic E-state index is -0.263. The molecule has 27 heavy (non-hydrogen) atoms. The number of hydrogen-bond donors (Lipinski definition) is 1. The van der Waals surface area contributed by atoms with Crippen molar-refractivity contribution in [2.24, 2.45) is 13.0 Å². The number of rotatable bonds is 5. The summed E-state index contributed by atoms with van der Waals surface area (Å²) in [6.07, 6.45) is 6.56. The minimum Gasteiger partial charge on any atom is -0.344 e. The smallest absolute Gasteiger partial charge is 0.272 e. The molecule has 5 nitrogen and oxygen atoms in total. The van der Waals surface area contributed by atoms with E-state index in [1.165, 1.54) is 54.5 Å². The van der Waals surface area contributed by atoms with Gasteiger partial charge in [0.05, 0.1) is 6.04 Å². The Bertz CT molecular complexity index is 833. The van der Waals surface area contributed by atoms with E-state index in [-0.39, 0.29) is 29.1 Å². The van der Waals surface area contributed by atoms with Gasteiger partial charge in [-0.05, 0) is 41.9 Å². The summed E-state index contributed by atoms with van der Waals surface area (Å²) < 4.78 is 1.18. The fourth-order valence-corrected chi connectivity index (χ4v) is 3.88. The first-order chi connectivity index (χ1) is 13.0. The minimum absolute atomic E-state index is 0.100. The molecule has 1 aliphatic carbocycles. The summed E-state index contributed by atoms with van der Waals surface area (Å²) in [6.45, 7) is 4.18. The zero-order valence-electron chi connectivity index (χ0n) is 16.4. The van der Waals surface area contributed by atoms with Gasteiger partial charge < -0.3 is 5.32 Å². The molecule has 1 aromatic heterocycles. The Morgan fingerprint density at radius 1 is 1.07 bits per heavy atom. The third-order valence-electron chi connectivity index (χ3n) is 5.52. The van der Waals surface area contributed by atoms with Gasteiger partial charge in [0, 0.05) is 13.1 Å². The average molecular weight is 367 g/mol. The van der Waals surface area contributed by atoms with E-state index in [2.05, 4.69) is 48.5 Å². The first kappa shape index (κ1) is 19.3. The number of carbonyl (C=O) groups is 1. The van der Waals surface area contributed by atoms with Crippen LogP contribution in [-0.4, -0.2) is 15.7 Å². The van der Waals surface area contributed by atoms with Crippen molar-refractivity contribution < 1.29 is 4.79 Å². The molecule has 0 radical (unpaired) electrons. The highest BCUT2D eigenvalue weighted by Crippen LogP contribution is 2.33. The quantitative estimate of drug-likeness (QED) is 0.870. The lowest BCUT2D eigenvalue weighted by atomic mass is 9.83. The molecule has 0 saturated heterocycles. The maximum Gasteiger partial charge on any atom is 0.272 e. The van der Waals surface area contributed by atoms with Crippen molar-refractivity contribution >= 4 is 5.91 Å². The number of nitrogens with zero attached hydrogens (tertiary/aromatic N) is 2. The summed E-state index contributed by atoms with van der Waals surface area (Å²) in [4.78, 5) is 24.1. The van der Waals surface area contributed by atoms with E-state index in [9.17, 15) is 9.59 Å². The summed E-state index contributed by atoms with van der Waals surface area (Å²) in [5.41, 5.74) is 2.53. The topological polar surface area (TPSA) is 64.0 Å². The SMILES string of the molecule is CC(C)[C@H](NC(=O)c1ccc(=O)n(C)n1)c1ccc(C2CCCCC2)cc1. The normalized spacial score (nSPS) is 16.3. The van der Waals surface area contributed by atoms with E-state index in [4.69, 9.17) is 0 Å². The summed E-state index contributed by atoms with van der Waals surface area (Å²) in [6, 6.07) is 11.5. The molecule has 3 rings (SSSR count). The summed E-state index contributed by atoms with van der Waals surface area (Å²) in [5, 5.41) is 7.12. The molecule has 1 fully saturated rings. The van der Waals surface area contributed by atoms with Crippen LogP contribution < -0.4 is 10.9 Å². The average Bonchev–Trinajstić information content (AvgIpc) is 2.68. The van der Waals surface area contributed by atoms with Crippen LogP contribution in [0.5, 0.6) is 0 Å². The highest BCUT2D eigenvalue weighted by molar-refractivity contribution is 5.92. The second-order valence-electron chi connectivity index (χ2n) is 7.88. The van der Waals surface area contributed by atoms with Gasteiger partial charge in [0.15, 0.2) is 0 Å². The number of carbonyl (C=O) groups excluding carboxylic acids is 1. The third-order valence-corrected chi connectivity index (χ3v) is 5.52. The highest BCUT2D eigenvalue weighted by atomic mass is 16.2. The first-order valence-electron chi connectivity index (χ1n) is 9.91. The summed E-state index contributed by atoms with van der Waals surface area (Å²) >= 11 is 0. The molecule has 0 spiro atoms. The molecule has 1 heterocycles. The number of benzene rings is 1. The molecule has 1 N–H and O–H groups in total. The summed E-state index contributed by atoms with van der Waals surface area (Å²) in [7, 11) is 1.54. The van der Waals surface area contributed by atoms with Crippen molar-refractivity contribution in [3.8, 4) is 0 Å². The molecule has 0 bridgehead atoms. The molecule has 5 heteroatoms. The van der Waals surface area contributed by atoms with Crippen LogP contribution in [0.4, 0.5) is 0 Å². The van der Waals surface area contributed by atoms with Gasteiger partial charge in [0.1, 0.15) is 5.69 Å². The fourth-order valence-electron chi connectivity index (χ4n) is 3.88. The van der Waals surface area contributed by atoms with Crippen molar-refractivity contribution in [2.45, 2.75) is 57.9 Å². The number of aryl methyl sites for hydroxylation is 1. The van der Waals surface area contributed by atoms with Crippen LogP contribution in [0, 0.1) is 5.92 Å². The Hall–Kier alpha value is -2.43. The highest BCUT2D eigenvalue weighted by Gasteiger charge is 2.21. The molecular weight excluding hydrogens is 338 g/mol. The molecule has 2 aromatic rings. The zero-order chi connectivity index (χ0) is 19.4. The van der Waals surface area contributed by atoms with Crippen molar-refractivity contribution in [3.05, 3.63) is 63.6 Å². The standard InChI is InChI=1S/C22H29N3O2/c1-15(2)21(23-22(27)19-13-14-20(26)25(3)24-19)18-11-9-17(10-12-18)16-7-5-4-6-8-16/h9-16,21H,4-8H2,1-3H3,(H,23,27)/t21-/m0/s1. The van der Waals surface area contributed by atoms with Crippen LogP contribution in [0.3, 0.4) is 0 Å². The van der Waals surface area contributed by atoms with Crippen molar-refractivity contribution in [2.75, 3.05) is 0 Å². The van der Waals surface area contributed by atoms with E-state index in [1.54, 1.807) is 7.05 Å². The van der Waals surface area contributed by atoms with Gasteiger partial charge in [-0.2, -0.15) is 5.10 Å². The largest absolute Gasteiger partial charge is 0.344 e. The Morgan fingerprint density at radius 3 is 2.33 bits per heavy atom. The molecule has 1 saturated carbocycles. The second-order valence-corrected chi connectivity index (χ2v) is 7.88. The molecule has 1 atom stereocenters. The Morgan fingerprint density at radius 2 is 1.74 bits per heavy atom. The number of hydrogen-bond acceptors (Lipinski definition) is 3. The van der Waals surface area contributed by atoms with E-state index in [1.807, 2.05) is 0 Å². The van der Waals surface area contributed by atoms with E-state index in [0.717, 1.165) is 5.56 Å². The molecule has 144 valence electrons. The Labute approximate surface area is 160 Å². The van der Waals surface area contributed by atoms with Crippen molar-refractivity contribution in [3.63, 3.8) is 0 Å². The zero-order valence-corrected chi connectivity index (χ0v) is 16.4. The third kappa shape index (κ3) is 4.65. The summed E-state index contributed by atoms with van der Waals surface area (Å²) in [5.74, 6) is 0.650. The monoisotopic (exact) mass is 367 g/mol. The first-order valence-corrected chi connectivity index (χ1v) is 9.91. The lowest BCUT2D eigenvalue weighted by Gasteiger charge is -2.25. The van der Waals surface area contributed by atoms with Crippen LogP contribution >= 0.6 is 0 Å². The Balaban J connectivity index is 1.75. The predicted molar refractivity (Wildman–Crippen MR) is 107 cm³/mol. The van der Waals surface area contributed by atoms with Gasteiger partial charge in [-0.25, -0.2) is 4.68 Å². The number of amides is 1. The molecule has 0 aliphatic heterocycles. The number of nitrogens with one attached hydrogen (secondary N) is 1. The van der Waals surface area contributed by atoms with Crippen molar-refractivity contribution in [1.29, 1.82) is 0 Å². The van der Waals surface area contributed by atoms with Gasteiger partial charge in [-0.3, -0.25) is 9.59 Å². The fraction of sp³-hybridized carbons (Fsp3) is 0.500. The van der Waals surface area contributed by atoms with Crippen molar-refractivity contribution in [1.82, 2.24) is 15.1 Å². The van der Waals surface area contributed by atoms with Crippen LogP contribution in [-0.2, 0) is 7.05 Å². The van der Waals surface area contributed by atoms with Gasteiger partial charge in [-0.1, -0.05) is 57.4 Å². The molecule has 1 aromatic carbocycles. The Kier molecular flexibility index (Phi) is 6.09. The van der Waals surface area contributed by atoms with Gasteiger partial charge in [-0.15, -0.1) is 0 Å². The van der Waals surface area contributed by atoms with Crippen LogP contribution in [0.25, 0.3) is 0 Å². The lowest BCUT2D eigenvalue weighted by Crippen LogP contribution is -2.33. The number of aromatic nitrogens is 2. The van der Waals surface area contributed by atoms with E-state index >= 15 is 0 Å².